The molecule has 0 bridgehead atoms. The van der Waals surface area contributed by atoms with E-state index in [1.807, 2.05) is 24.4 Å². The maximum absolute atomic E-state index is 13.2. The Kier molecular flexibility index (Phi) is 4.62. The van der Waals surface area contributed by atoms with Gasteiger partial charge in [-0.2, -0.15) is 0 Å². The van der Waals surface area contributed by atoms with Crippen LogP contribution in [0.4, 0.5) is 10.1 Å². The number of para-hydroxylation sites is 1. The van der Waals surface area contributed by atoms with Crippen molar-refractivity contribution in [1.29, 1.82) is 0 Å². The predicted octanol–water partition coefficient (Wildman–Crippen LogP) is 3.16. The molecule has 1 atom stereocenters. The normalized spacial score (nSPS) is 16.9. The summed E-state index contributed by atoms with van der Waals surface area (Å²) in [5.41, 5.74) is 2.77. The molecular formula is C21H20FN3O2. The maximum atomic E-state index is 13.2. The van der Waals surface area contributed by atoms with Gasteiger partial charge in [0.25, 0.3) is 0 Å². The van der Waals surface area contributed by atoms with Crippen LogP contribution < -0.4 is 10.2 Å². The average Bonchev–Trinajstić information content (AvgIpc) is 3.26. The van der Waals surface area contributed by atoms with E-state index in [9.17, 15) is 14.0 Å². The van der Waals surface area contributed by atoms with E-state index in [4.69, 9.17) is 0 Å². The Balaban J connectivity index is 1.41. The molecule has 6 heteroatoms. The highest BCUT2D eigenvalue weighted by Gasteiger charge is 2.36. The lowest BCUT2D eigenvalue weighted by atomic mass is 10.1. The van der Waals surface area contributed by atoms with Gasteiger partial charge in [-0.25, -0.2) is 4.39 Å². The number of carbonyl (C=O) groups excluding carboxylic acids is 2. The number of benzene rings is 2. The van der Waals surface area contributed by atoms with Crippen LogP contribution in [0.2, 0.25) is 0 Å². The van der Waals surface area contributed by atoms with Crippen LogP contribution >= 0.6 is 0 Å². The smallest absolute Gasteiger partial charge is 0.243 e. The summed E-state index contributed by atoms with van der Waals surface area (Å²) in [7, 11) is 0. The number of rotatable bonds is 5. The van der Waals surface area contributed by atoms with Crippen LogP contribution in [0, 0.1) is 5.82 Å². The molecule has 0 saturated carbocycles. The third kappa shape index (κ3) is 3.43. The van der Waals surface area contributed by atoms with E-state index in [1.165, 1.54) is 29.2 Å². The number of amides is 2. The number of hydrogen-bond donors (Lipinski definition) is 2. The minimum Gasteiger partial charge on any atom is -0.361 e. The van der Waals surface area contributed by atoms with E-state index in [0.717, 1.165) is 16.5 Å². The molecule has 138 valence electrons. The average molecular weight is 365 g/mol. The highest BCUT2D eigenvalue weighted by atomic mass is 19.1. The summed E-state index contributed by atoms with van der Waals surface area (Å²) in [5.74, 6) is -0.659. The van der Waals surface area contributed by atoms with Crippen LogP contribution in [0.25, 0.3) is 10.9 Å². The molecule has 0 radical (unpaired) electrons. The van der Waals surface area contributed by atoms with Gasteiger partial charge in [0.1, 0.15) is 11.9 Å². The van der Waals surface area contributed by atoms with E-state index in [-0.39, 0.29) is 17.6 Å². The van der Waals surface area contributed by atoms with Gasteiger partial charge < -0.3 is 10.3 Å². The number of fused-ring (bicyclic) bond motifs is 1. The lowest BCUT2D eigenvalue weighted by molar-refractivity contribution is -0.123. The SMILES string of the molecule is O=C(NCCc1c[nH]c2ccccc12)C1CCC(=O)N1c1ccc(F)cc1. The molecule has 2 amide bonds. The van der Waals surface area contributed by atoms with Crippen LogP contribution in [0.5, 0.6) is 0 Å². The van der Waals surface area contributed by atoms with E-state index in [2.05, 4.69) is 16.4 Å². The standard InChI is InChI=1S/C21H20FN3O2/c22-15-5-7-16(8-6-15)25-19(9-10-20(25)26)21(27)23-12-11-14-13-24-18-4-2-1-3-17(14)18/h1-8,13,19,24H,9-12H2,(H,23,27). The molecule has 2 N–H and O–H groups in total. The van der Waals surface area contributed by atoms with Crippen molar-refractivity contribution in [3.05, 3.63) is 66.1 Å². The Hall–Kier alpha value is -3.15. The Morgan fingerprint density at radius 1 is 1.19 bits per heavy atom. The van der Waals surface area contributed by atoms with E-state index in [0.29, 0.717) is 31.5 Å². The second-order valence-corrected chi connectivity index (χ2v) is 6.70. The Bertz CT molecular complexity index is 981. The number of aromatic amines is 1. The van der Waals surface area contributed by atoms with Crippen molar-refractivity contribution in [1.82, 2.24) is 10.3 Å². The molecule has 1 saturated heterocycles. The van der Waals surface area contributed by atoms with Gasteiger partial charge in [0.15, 0.2) is 0 Å². The second-order valence-electron chi connectivity index (χ2n) is 6.70. The summed E-state index contributed by atoms with van der Waals surface area (Å²) in [4.78, 5) is 29.6. The lowest BCUT2D eigenvalue weighted by Gasteiger charge is -2.24. The third-order valence-electron chi connectivity index (χ3n) is 4.99. The highest BCUT2D eigenvalue weighted by Crippen LogP contribution is 2.27. The first-order valence-electron chi connectivity index (χ1n) is 9.04. The molecule has 1 fully saturated rings. The summed E-state index contributed by atoms with van der Waals surface area (Å²) in [6, 6.07) is 13.1. The van der Waals surface area contributed by atoms with Crippen molar-refractivity contribution >= 4 is 28.4 Å². The van der Waals surface area contributed by atoms with Gasteiger partial charge in [-0.05, 0) is 48.7 Å². The molecule has 1 unspecified atom stereocenters. The van der Waals surface area contributed by atoms with Gasteiger partial charge in [-0.3, -0.25) is 14.5 Å². The molecule has 0 aliphatic carbocycles. The monoisotopic (exact) mass is 365 g/mol. The number of hydrogen-bond acceptors (Lipinski definition) is 2. The van der Waals surface area contributed by atoms with Crippen LogP contribution in [0.15, 0.2) is 54.7 Å². The molecular weight excluding hydrogens is 345 g/mol. The largest absolute Gasteiger partial charge is 0.361 e. The zero-order valence-electron chi connectivity index (χ0n) is 14.7. The van der Waals surface area contributed by atoms with E-state index in [1.54, 1.807) is 0 Å². The van der Waals surface area contributed by atoms with Crippen molar-refractivity contribution in [3.63, 3.8) is 0 Å². The molecule has 0 spiro atoms. The topological polar surface area (TPSA) is 65.2 Å². The highest BCUT2D eigenvalue weighted by molar-refractivity contribution is 6.03. The van der Waals surface area contributed by atoms with Crippen LogP contribution in [-0.4, -0.2) is 29.4 Å². The number of carbonyl (C=O) groups is 2. The van der Waals surface area contributed by atoms with Gasteiger partial charge in [0.2, 0.25) is 11.8 Å². The minimum atomic E-state index is -0.550. The lowest BCUT2D eigenvalue weighted by Crippen LogP contribution is -2.45. The van der Waals surface area contributed by atoms with E-state index < -0.39 is 6.04 Å². The fourth-order valence-electron chi connectivity index (χ4n) is 3.63. The Morgan fingerprint density at radius 2 is 1.96 bits per heavy atom. The first-order valence-corrected chi connectivity index (χ1v) is 9.04. The summed E-state index contributed by atoms with van der Waals surface area (Å²) in [6.07, 6.45) is 3.45. The molecule has 4 rings (SSSR count). The third-order valence-corrected chi connectivity index (χ3v) is 4.99. The fraction of sp³-hybridized carbons (Fsp3) is 0.238. The van der Waals surface area contributed by atoms with Crippen molar-refractivity contribution in [2.45, 2.75) is 25.3 Å². The van der Waals surface area contributed by atoms with Crippen molar-refractivity contribution in [2.75, 3.05) is 11.4 Å². The minimum absolute atomic E-state index is 0.113. The van der Waals surface area contributed by atoms with Crippen LogP contribution in [0.3, 0.4) is 0 Å². The van der Waals surface area contributed by atoms with Crippen LogP contribution in [-0.2, 0) is 16.0 Å². The fourth-order valence-corrected chi connectivity index (χ4v) is 3.63. The zero-order chi connectivity index (χ0) is 18.8. The quantitative estimate of drug-likeness (QED) is 0.729. The summed E-state index contributed by atoms with van der Waals surface area (Å²) >= 11 is 0. The maximum Gasteiger partial charge on any atom is 0.243 e. The predicted molar refractivity (Wildman–Crippen MR) is 102 cm³/mol. The number of nitrogens with one attached hydrogen (secondary N) is 2. The molecule has 5 nitrogen and oxygen atoms in total. The van der Waals surface area contributed by atoms with Crippen molar-refractivity contribution in [3.8, 4) is 0 Å². The Labute approximate surface area is 156 Å². The molecule has 2 aromatic carbocycles. The van der Waals surface area contributed by atoms with Crippen LogP contribution in [0.1, 0.15) is 18.4 Å². The molecule has 3 aromatic rings. The number of H-pyrrole nitrogens is 1. The van der Waals surface area contributed by atoms with Gasteiger partial charge in [-0.15, -0.1) is 0 Å². The Morgan fingerprint density at radius 3 is 2.78 bits per heavy atom. The van der Waals surface area contributed by atoms with Crippen molar-refractivity contribution in [2.24, 2.45) is 0 Å². The molecule has 1 aromatic heterocycles. The number of halogens is 1. The van der Waals surface area contributed by atoms with Gasteiger partial charge in [0, 0.05) is 35.8 Å². The number of aromatic nitrogens is 1. The summed E-state index contributed by atoms with van der Waals surface area (Å²) < 4.78 is 13.2. The molecule has 2 heterocycles. The molecule has 1 aliphatic rings. The number of anilines is 1. The summed E-state index contributed by atoms with van der Waals surface area (Å²) in [6.45, 7) is 0.489. The van der Waals surface area contributed by atoms with Gasteiger partial charge in [0.05, 0.1) is 0 Å². The van der Waals surface area contributed by atoms with Gasteiger partial charge in [-0.1, -0.05) is 18.2 Å². The van der Waals surface area contributed by atoms with Gasteiger partial charge >= 0.3 is 0 Å². The second kappa shape index (κ2) is 7.23. The summed E-state index contributed by atoms with van der Waals surface area (Å²) in [5, 5.41) is 4.09. The van der Waals surface area contributed by atoms with E-state index >= 15 is 0 Å². The first-order chi connectivity index (χ1) is 13.1. The zero-order valence-corrected chi connectivity index (χ0v) is 14.7. The number of nitrogens with zero attached hydrogens (tertiary/aromatic N) is 1. The molecule has 1 aliphatic heterocycles. The molecule has 27 heavy (non-hydrogen) atoms. The van der Waals surface area contributed by atoms with Crippen molar-refractivity contribution < 1.29 is 14.0 Å². The first kappa shape index (κ1) is 17.3.